The van der Waals surface area contributed by atoms with Crippen LogP contribution in [0, 0.1) is 35.5 Å². The molecule has 0 unspecified atom stereocenters. The summed E-state index contributed by atoms with van der Waals surface area (Å²) in [7, 11) is 3.64. The Morgan fingerprint density at radius 2 is 1.15 bits per heavy atom. The highest BCUT2D eigenvalue weighted by Crippen LogP contribution is 2.60. The lowest BCUT2D eigenvalue weighted by molar-refractivity contribution is 0.0510. The third-order valence-corrected chi connectivity index (χ3v) is 6.02. The number of fused-ring (bicyclic) bond motifs is 4. The van der Waals surface area contributed by atoms with Crippen molar-refractivity contribution >= 4 is 0 Å². The lowest BCUT2D eigenvalue weighted by Gasteiger charge is -2.32. The molecule has 0 spiro atoms. The Hall–Kier alpha value is -1.12. The van der Waals surface area contributed by atoms with Gasteiger partial charge < -0.3 is 9.47 Å². The predicted molar refractivity (Wildman–Crippen MR) is 79.1 cm³/mol. The van der Waals surface area contributed by atoms with Gasteiger partial charge >= 0.3 is 0 Å². The highest BCUT2D eigenvalue weighted by Gasteiger charge is 2.58. The second kappa shape index (κ2) is 4.19. The third kappa shape index (κ3) is 1.32. The lowest BCUT2D eigenvalue weighted by atomic mass is 9.71. The van der Waals surface area contributed by atoms with E-state index in [0.717, 1.165) is 0 Å². The van der Waals surface area contributed by atoms with Crippen LogP contribution in [0.3, 0.4) is 0 Å². The van der Waals surface area contributed by atoms with Crippen molar-refractivity contribution < 1.29 is 9.47 Å². The molecule has 8 atom stereocenters. The van der Waals surface area contributed by atoms with Crippen LogP contribution in [0.15, 0.2) is 48.6 Å². The zero-order valence-corrected chi connectivity index (χ0v) is 12.2. The molecule has 2 fully saturated rings. The van der Waals surface area contributed by atoms with Crippen molar-refractivity contribution in [3.05, 3.63) is 48.6 Å². The maximum Gasteiger partial charge on any atom is 0.0739 e. The number of methoxy groups -OCH3 is 2. The molecule has 4 rings (SSSR count). The number of ether oxygens (including phenoxy) is 2. The van der Waals surface area contributed by atoms with Crippen molar-refractivity contribution in [1.29, 1.82) is 0 Å². The van der Waals surface area contributed by atoms with Crippen LogP contribution >= 0.6 is 0 Å². The molecule has 2 nitrogen and oxygen atoms in total. The first-order valence-corrected chi connectivity index (χ1v) is 7.48. The fourth-order valence-corrected chi connectivity index (χ4v) is 5.22. The molecular formula is C18H22O2. The SMILES string of the molecule is C=C1[C@@H]([C@@H]2C(=C)[C@H]3C=C[C@@H]2[C@@H]3OC)[C@@H]2C=C[C@H]1[C@H]2OC. The molecule has 0 aliphatic heterocycles. The van der Waals surface area contributed by atoms with Crippen molar-refractivity contribution in [3.63, 3.8) is 0 Å². The maximum absolute atomic E-state index is 5.72. The zero-order valence-electron chi connectivity index (χ0n) is 12.2. The van der Waals surface area contributed by atoms with Crippen molar-refractivity contribution in [2.24, 2.45) is 35.5 Å². The summed E-state index contributed by atoms with van der Waals surface area (Å²) in [5, 5.41) is 0. The highest BCUT2D eigenvalue weighted by atomic mass is 16.5. The van der Waals surface area contributed by atoms with E-state index in [4.69, 9.17) is 9.47 Å². The summed E-state index contributed by atoms with van der Waals surface area (Å²) in [6, 6.07) is 0. The van der Waals surface area contributed by atoms with Gasteiger partial charge in [0.25, 0.3) is 0 Å². The molecule has 20 heavy (non-hydrogen) atoms. The molecule has 0 N–H and O–H groups in total. The maximum atomic E-state index is 5.72. The Kier molecular flexibility index (Phi) is 2.64. The van der Waals surface area contributed by atoms with Gasteiger partial charge in [0.2, 0.25) is 0 Å². The van der Waals surface area contributed by atoms with E-state index in [9.17, 15) is 0 Å². The van der Waals surface area contributed by atoms with Crippen LogP contribution in [0.4, 0.5) is 0 Å². The monoisotopic (exact) mass is 270 g/mol. The van der Waals surface area contributed by atoms with E-state index < -0.39 is 0 Å². The molecule has 0 aromatic heterocycles. The van der Waals surface area contributed by atoms with Crippen molar-refractivity contribution in [2.75, 3.05) is 14.2 Å². The Morgan fingerprint density at radius 1 is 0.750 bits per heavy atom. The molecule has 4 bridgehead atoms. The highest BCUT2D eigenvalue weighted by molar-refractivity contribution is 5.41. The molecule has 4 aliphatic carbocycles. The van der Waals surface area contributed by atoms with Crippen LogP contribution in [0.25, 0.3) is 0 Å². The van der Waals surface area contributed by atoms with Gasteiger partial charge in [0.1, 0.15) is 0 Å². The Bertz CT molecular complexity index is 482. The molecule has 2 saturated carbocycles. The predicted octanol–water partition coefficient (Wildman–Crippen LogP) is 2.99. The van der Waals surface area contributed by atoms with Crippen LogP contribution in [0.1, 0.15) is 0 Å². The fraction of sp³-hybridized carbons (Fsp3) is 0.556. The van der Waals surface area contributed by atoms with Gasteiger partial charge in [-0.25, -0.2) is 0 Å². The summed E-state index contributed by atoms with van der Waals surface area (Å²) in [4.78, 5) is 0. The molecule has 0 aromatic carbocycles. The van der Waals surface area contributed by atoms with E-state index in [1.54, 1.807) is 0 Å². The Balaban J connectivity index is 1.70. The quantitative estimate of drug-likeness (QED) is 0.734. The summed E-state index contributed by atoms with van der Waals surface area (Å²) in [6.07, 6.45) is 9.79. The molecule has 0 heterocycles. The van der Waals surface area contributed by atoms with E-state index in [0.29, 0.717) is 35.5 Å². The van der Waals surface area contributed by atoms with Gasteiger partial charge in [0.05, 0.1) is 12.2 Å². The summed E-state index contributed by atoms with van der Waals surface area (Å²) in [6.45, 7) is 8.79. The molecule has 0 amide bonds. The van der Waals surface area contributed by atoms with Crippen molar-refractivity contribution in [1.82, 2.24) is 0 Å². The zero-order chi connectivity index (χ0) is 14.0. The molecule has 4 aliphatic rings. The molecule has 0 aromatic rings. The first-order chi connectivity index (χ1) is 9.69. The number of hydrogen-bond donors (Lipinski definition) is 0. The number of hydrogen-bond acceptors (Lipinski definition) is 2. The second-order valence-electron chi connectivity index (χ2n) is 6.58. The summed E-state index contributed by atoms with van der Waals surface area (Å²) >= 11 is 0. The van der Waals surface area contributed by atoms with Gasteiger partial charge in [-0.15, -0.1) is 0 Å². The van der Waals surface area contributed by atoms with Crippen molar-refractivity contribution in [2.45, 2.75) is 12.2 Å². The van der Waals surface area contributed by atoms with Gasteiger partial charge in [-0.3, -0.25) is 0 Å². The molecular weight excluding hydrogens is 248 g/mol. The van der Waals surface area contributed by atoms with Crippen LogP contribution in [0.5, 0.6) is 0 Å². The Morgan fingerprint density at radius 3 is 1.45 bits per heavy atom. The third-order valence-electron chi connectivity index (χ3n) is 6.02. The van der Waals surface area contributed by atoms with Crippen molar-refractivity contribution in [3.8, 4) is 0 Å². The summed E-state index contributed by atoms with van der Waals surface area (Å²) in [5.74, 6) is 2.66. The molecule has 0 radical (unpaired) electrons. The van der Waals surface area contributed by atoms with Crippen LogP contribution < -0.4 is 0 Å². The first kappa shape index (κ1) is 12.6. The second-order valence-corrected chi connectivity index (χ2v) is 6.58. The normalized spacial score (nSPS) is 51.7. The van der Waals surface area contributed by atoms with Gasteiger partial charge in [-0.05, 0) is 11.8 Å². The average molecular weight is 270 g/mol. The minimum atomic E-state index is 0.282. The van der Waals surface area contributed by atoms with Crippen LogP contribution in [-0.2, 0) is 9.47 Å². The largest absolute Gasteiger partial charge is 0.380 e. The fourth-order valence-electron chi connectivity index (χ4n) is 5.22. The lowest BCUT2D eigenvalue weighted by Crippen LogP contribution is -2.29. The van der Waals surface area contributed by atoms with Crippen LogP contribution in [0.2, 0.25) is 0 Å². The van der Waals surface area contributed by atoms with Gasteiger partial charge in [0.15, 0.2) is 0 Å². The van der Waals surface area contributed by atoms with Gasteiger partial charge in [-0.2, -0.15) is 0 Å². The Labute approximate surface area is 120 Å². The van der Waals surface area contributed by atoms with E-state index in [1.165, 1.54) is 11.1 Å². The minimum absolute atomic E-state index is 0.282. The van der Waals surface area contributed by atoms with E-state index >= 15 is 0 Å². The molecule has 106 valence electrons. The van der Waals surface area contributed by atoms with Gasteiger partial charge in [0, 0.05) is 37.9 Å². The minimum Gasteiger partial charge on any atom is -0.380 e. The first-order valence-electron chi connectivity index (χ1n) is 7.48. The molecule has 0 saturated heterocycles. The number of rotatable bonds is 3. The smallest absolute Gasteiger partial charge is 0.0739 e. The standard InChI is InChI=1S/C18H22O2/c1-9-11-5-7-13(17(11)19-3)15(9)16-10(2)12-6-8-14(16)18(12)20-4/h5-8,11-18H,1-2H2,3-4H3/t11-,12-,13+,14+,15-,16-,17-,18-/m1/s1. The summed E-state index contributed by atoms with van der Waals surface area (Å²) < 4.78 is 11.4. The average Bonchev–Trinajstić information content (AvgIpc) is 3.15. The molecule has 2 heteroatoms. The van der Waals surface area contributed by atoms with E-state index in [2.05, 4.69) is 37.5 Å². The van der Waals surface area contributed by atoms with Gasteiger partial charge in [-0.1, -0.05) is 48.6 Å². The topological polar surface area (TPSA) is 18.5 Å². The summed E-state index contributed by atoms with van der Waals surface area (Å²) in [5.41, 5.74) is 2.68. The van der Waals surface area contributed by atoms with E-state index in [1.807, 2.05) is 14.2 Å². The van der Waals surface area contributed by atoms with E-state index in [-0.39, 0.29) is 12.2 Å². The van der Waals surface area contributed by atoms with Crippen LogP contribution in [-0.4, -0.2) is 26.4 Å².